The highest BCUT2D eigenvalue weighted by atomic mass is 16.6. The molecule has 1 heterocycles. The van der Waals surface area contributed by atoms with Gasteiger partial charge in [0.15, 0.2) is 18.1 Å². The van der Waals surface area contributed by atoms with Gasteiger partial charge in [0.2, 0.25) is 5.91 Å². The minimum Gasteiger partial charge on any atom is -0.444 e. The first-order chi connectivity index (χ1) is 17.6. The molecule has 1 aliphatic heterocycles. The molecule has 2 saturated carbocycles. The largest absolute Gasteiger partial charge is 0.444 e. The molecule has 216 valence electrons. The SMILES string of the molecule is CCC[C@H](NC(=O)C1[C@H]2CCC[C@H]2CN1[C@@](C=O)(NC(=O)OC(C)(C)C)C(C)(C)C)[C@H](O)C(=O)NC1CC1. The molecular weight excluding hydrogens is 488 g/mol. The van der Waals surface area contributed by atoms with E-state index in [4.69, 9.17) is 4.74 Å². The molecule has 0 bridgehead atoms. The van der Waals surface area contributed by atoms with E-state index in [0.29, 0.717) is 19.4 Å². The third kappa shape index (κ3) is 6.68. The summed E-state index contributed by atoms with van der Waals surface area (Å²) in [7, 11) is 0. The Hall–Kier alpha value is -2.20. The summed E-state index contributed by atoms with van der Waals surface area (Å²) in [5.41, 5.74) is -3.06. The molecule has 0 aromatic carbocycles. The molecule has 1 unspecified atom stereocenters. The van der Waals surface area contributed by atoms with Crippen LogP contribution in [-0.4, -0.2) is 76.2 Å². The number of fused-ring (bicyclic) bond motifs is 1. The number of hydrogen-bond donors (Lipinski definition) is 4. The van der Waals surface area contributed by atoms with Crippen LogP contribution >= 0.6 is 0 Å². The Morgan fingerprint density at radius 2 is 1.74 bits per heavy atom. The Morgan fingerprint density at radius 1 is 1.08 bits per heavy atom. The third-order valence-electron chi connectivity index (χ3n) is 8.12. The van der Waals surface area contributed by atoms with Crippen LogP contribution in [0.5, 0.6) is 0 Å². The van der Waals surface area contributed by atoms with Gasteiger partial charge >= 0.3 is 6.09 Å². The van der Waals surface area contributed by atoms with Crippen LogP contribution in [-0.2, 0) is 19.1 Å². The quantitative estimate of drug-likeness (QED) is 0.315. The summed E-state index contributed by atoms with van der Waals surface area (Å²) in [5, 5.41) is 19.4. The Morgan fingerprint density at radius 3 is 2.26 bits per heavy atom. The second-order valence-electron chi connectivity index (χ2n) is 13.3. The van der Waals surface area contributed by atoms with Gasteiger partial charge < -0.3 is 20.5 Å². The lowest BCUT2D eigenvalue weighted by atomic mass is 9.79. The minimum atomic E-state index is -1.51. The molecule has 0 radical (unpaired) electrons. The number of rotatable bonds is 10. The van der Waals surface area contributed by atoms with Crippen molar-refractivity contribution in [1.82, 2.24) is 20.9 Å². The van der Waals surface area contributed by atoms with Crippen LogP contribution in [0.1, 0.15) is 93.4 Å². The number of aliphatic hydroxyl groups is 1. The second-order valence-corrected chi connectivity index (χ2v) is 13.3. The van der Waals surface area contributed by atoms with Crippen molar-refractivity contribution in [2.45, 2.75) is 129 Å². The van der Waals surface area contributed by atoms with Crippen LogP contribution in [0, 0.1) is 17.3 Å². The molecule has 2 aliphatic carbocycles. The predicted molar refractivity (Wildman–Crippen MR) is 143 cm³/mol. The first-order valence-corrected chi connectivity index (χ1v) is 14.2. The van der Waals surface area contributed by atoms with Gasteiger partial charge in [-0.1, -0.05) is 40.5 Å². The number of hydrogen-bond acceptors (Lipinski definition) is 7. The lowest BCUT2D eigenvalue weighted by molar-refractivity contribution is -0.142. The Labute approximate surface area is 227 Å². The summed E-state index contributed by atoms with van der Waals surface area (Å²) >= 11 is 0. The Bertz CT molecular complexity index is 893. The number of ether oxygens (including phenoxy) is 1. The maximum atomic E-state index is 14.0. The van der Waals surface area contributed by atoms with Crippen molar-refractivity contribution in [3.05, 3.63) is 0 Å². The zero-order chi connectivity index (χ0) is 28.5. The van der Waals surface area contributed by atoms with E-state index in [1.165, 1.54) is 0 Å². The molecule has 0 aromatic rings. The topological polar surface area (TPSA) is 137 Å². The van der Waals surface area contributed by atoms with E-state index < -0.39 is 46.9 Å². The van der Waals surface area contributed by atoms with Gasteiger partial charge in [0, 0.05) is 18.0 Å². The van der Waals surface area contributed by atoms with E-state index >= 15 is 0 Å². The molecule has 10 heteroatoms. The highest BCUT2D eigenvalue weighted by Gasteiger charge is 2.59. The fourth-order valence-electron chi connectivity index (χ4n) is 6.01. The van der Waals surface area contributed by atoms with E-state index in [9.17, 15) is 24.3 Å². The fraction of sp³-hybridized carbons (Fsp3) is 0.857. The van der Waals surface area contributed by atoms with Crippen LogP contribution in [0.3, 0.4) is 0 Å². The maximum Gasteiger partial charge on any atom is 0.409 e. The zero-order valence-electron chi connectivity index (χ0n) is 24.1. The second kappa shape index (κ2) is 11.5. The molecule has 6 atom stereocenters. The van der Waals surface area contributed by atoms with Gasteiger partial charge in [-0.15, -0.1) is 0 Å². The number of likely N-dealkylation sites (tertiary alicyclic amines) is 1. The van der Waals surface area contributed by atoms with Crippen LogP contribution < -0.4 is 16.0 Å². The third-order valence-corrected chi connectivity index (χ3v) is 8.12. The van der Waals surface area contributed by atoms with Crippen LogP contribution in [0.4, 0.5) is 4.79 Å². The summed E-state index contributed by atoms with van der Waals surface area (Å²) < 4.78 is 5.52. The highest BCUT2D eigenvalue weighted by molar-refractivity contribution is 5.87. The van der Waals surface area contributed by atoms with Gasteiger partial charge in [-0.3, -0.25) is 24.6 Å². The zero-order valence-corrected chi connectivity index (χ0v) is 24.1. The number of nitrogens with zero attached hydrogens (tertiary/aromatic N) is 1. The Kier molecular flexibility index (Phi) is 9.18. The first-order valence-electron chi connectivity index (χ1n) is 14.2. The molecule has 38 heavy (non-hydrogen) atoms. The van der Waals surface area contributed by atoms with Gasteiger partial charge in [0.25, 0.3) is 5.91 Å². The number of amides is 3. The predicted octanol–water partition coefficient (Wildman–Crippen LogP) is 2.48. The molecule has 3 amide bonds. The van der Waals surface area contributed by atoms with Crippen molar-refractivity contribution in [2.75, 3.05) is 6.54 Å². The van der Waals surface area contributed by atoms with Crippen molar-refractivity contribution in [1.29, 1.82) is 0 Å². The van der Waals surface area contributed by atoms with Gasteiger partial charge in [-0.2, -0.15) is 0 Å². The lowest BCUT2D eigenvalue weighted by Crippen LogP contribution is -2.72. The van der Waals surface area contributed by atoms with E-state index in [1.54, 1.807) is 20.8 Å². The van der Waals surface area contributed by atoms with Gasteiger partial charge in [-0.25, -0.2) is 4.79 Å². The van der Waals surface area contributed by atoms with Crippen molar-refractivity contribution in [2.24, 2.45) is 17.3 Å². The summed E-state index contributed by atoms with van der Waals surface area (Å²) in [6, 6.07) is -1.37. The number of nitrogens with one attached hydrogen (secondary N) is 3. The average Bonchev–Trinajstić information content (AvgIpc) is 3.35. The van der Waals surface area contributed by atoms with Gasteiger partial charge in [0.1, 0.15) is 5.60 Å². The number of aldehydes is 1. The molecule has 0 spiro atoms. The maximum absolute atomic E-state index is 14.0. The molecular formula is C28H48N4O6. The molecule has 3 rings (SSSR count). The van der Waals surface area contributed by atoms with E-state index in [1.807, 2.05) is 32.6 Å². The van der Waals surface area contributed by atoms with Crippen molar-refractivity contribution in [3.8, 4) is 0 Å². The van der Waals surface area contributed by atoms with Crippen LogP contribution in [0.2, 0.25) is 0 Å². The minimum absolute atomic E-state index is 0.00294. The summed E-state index contributed by atoms with van der Waals surface area (Å²) in [4.78, 5) is 54.3. The van der Waals surface area contributed by atoms with E-state index in [-0.39, 0.29) is 23.8 Å². The van der Waals surface area contributed by atoms with Gasteiger partial charge in [0.05, 0.1) is 12.1 Å². The number of carbonyl (C=O) groups is 4. The van der Waals surface area contributed by atoms with Crippen molar-refractivity contribution < 1.29 is 29.0 Å². The molecule has 0 aromatic heterocycles. The lowest BCUT2D eigenvalue weighted by Gasteiger charge is -2.49. The molecule has 10 nitrogen and oxygen atoms in total. The van der Waals surface area contributed by atoms with E-state index in [0.717, 1.165) is 38.4 Å². The van der Waals surface area contributed by atoms with Crippen molar-refractivity contribution >= 4 is 24.2 Å². The highest BCUT2D eigenvalue weighted by Crippen LogP contribution is 2.47. The molecule has 3 fully saturated rings. The Balaban J connectivity index is 1.91. The monoisotopic (exact) mass is 536 g/mol. The smallest absolute Gasteiger partial charge is 0.409 e. The van der Waals surface area contributed by atoms with Crippen LogP contribution in [0.25, 0.3) is 0 Å². The summed E-state index contributed by atoms with van der Waals surface area (Å²) in [6.07, 6.45) is 4.26. The fourth-order valence-corrected chi connectivity index (χ4v) is 6.01. The summed E-state index contributed by atoms with van der Waals surface area (Å²) in [5.74, 6) is -0.619. The normalized spacial score (nSPS) is 27.0. The van der Waals surface area contributed by atoms with Crippen LogP contribution in [0.15, 0.2) is 0 Å². The standard InChI is InChI=1S/C28H48N4O6/c1-8-10-20(22(34)24(36)29-18-13-14-18)30-23(35)21-19-12-9-11-17(19)15-32(21)28(16-33,26(2,3)4)31-25(37)38-27(5,6)7/h16-22,34H,8-15H2,1-7H3,(H,29,36)(H,30,35)(H,31,37)/t17-,19-,20-,21?,22-,28+/m0/s1. The average molecular weight is 537 g/mol. The summed E-state index contributed by atoms with van der Waals surface area (Å²) in [6.45, 7) is 13.2. The number of alkyl carbamates (subject to hydrolysis) is 1. The first kappa shape index (κ1) is 30.3. The molecule has 4 N–H and O–H groups in total. The molecule has 3 aliphatic rings. The van der Waals surface area contributed by atoms with E-state index in [2.05, 4.69) is 16.0 Å². The molecule has 1 saturated heterocycles. The van der Waals surface area contributed by atoms with Gasteiger partial charge in [-0.05, 0) is 64.7 Å². The number of aliphatic hydroxyl groups excluding tert-OH is 1. The number of carbonyl (C=O) groups excluding carboxylic acids is 4. The van der Waals surface area contributed by atoms with Crippen molar-refractivity contribution in [3.63, 3.8) is 0 Å².